The molecule has 0 aliphatic heterocycles. The van der Waals surface area contributed by atoms with Gasteiger partial charge in [0.05, 0.1) is 18.7 Å². The van der Waals surface area contributed by atoms with Crippen LogP contribution in [0, 0.1) is 11.6 Å². The van der Waals surface area contributed by atoms with Gasteiger partial charge >= 0.3 is 5.97 Å². The molecule has 0 saturated heterocycles. The van der Waals surface area contributed by atoms with Gasteiger partial charge in [-0.15, -0.1) is 0 Å². The number of hydrogen-bond acceptors (Lipinski definition) is 3. The van der Waals surface area contributed by atoms with Crippen molar-refractivity contribution in [1.29, 1.82) is 0 Å². The third kappa shape index (κ3) is 3.56. The van der Waals surface area contributed by atoms with E-state index in [9.17, 15) is 13.6 Å². The monoisotopic (exact) mass is 291 g/mol. The average Bonchev–Trinajstić information content (AvgIpc) is 2.52. The molecule has 0 bridgehead atoms. The smallest absolute Gasteiger partial charge is 0.314 e. The number of ether oxygens (including phenoxy) is 1. The van der Waals surface area contributed by atoms with E-state index in [4.69, 9.17) is 4.74 Å². The molecule has 0 spiro atoms. The Kier molecular flexibility index (Phi) is 4.87. The van der Waals surface area contributed by atoms with Gasteiger partial charge in [-0.2, -0.15) is 0 Å². The number of halogens is 2. The van der Waals surface area contributed by atoms with Gasteiger partial charge in [0.1, 0.15) is 0 Å². The number of esters is 1. The van der Waals surface area contributed by atoms with Gasteiger partial charge in [-0.3, -0.25) is 4.79 Å². The Hall–Kier alpha value is -2.43. The van der Waals surface area contributed by atoms with Crippen LogP contribution < -0.4 is 5.32 Å². The first kappa shape index (κ1) is 15.0. The highest BCUT2D eigenvalue weighted by molar-refractivity contribution is 5.78. The van der Waals surface area contributed by atoms with Crippen LogP contribution in [0.5, 0.6) is 0 Å². The van der Waals surface area contributed by atoms with Crippen LogP contribution in [-0.2, 0) is 9.53 Å². The molecular weight excluding hydrogens is 276 g/mol. The first-order chi connectivity index (χ1) is 10.1. The van der Waals surface area contributed by atoms with Crippen molar-refractivity contribution >= 4 is 11.7 Å². The standard InChI is InChI=1S/C16H15F2NO2/c1-21-16(20)12(11-6-3-2-4-7-11)10-19-14-9-5-8-13(17)15(14)18/h2-9,12,19H,10H2,1H3. The molecular formula is C16H15F2NO2. The van der Waals surface area contributed by atoms with Crippen LogP contribution in [0.25, 0.3) is 0 Å². The molecule has 2 aromatic rings. The number of nitrogens with one attached hydrogen (secondary N) is 1. The number of benzene rings is 2. The predicted molar refractivity (Wildman–Crippen MR) is 76.0 cm³/mol. The highest BCUT2D eigenvalue weighted by Crippen LogP contribution is 2.21. The van der Waals surface area contributed by atoms with Crippen LogP contribution in [0.4, 0.5) is 14.5 Å². The molecule has 0 radical (unpaired) electrons. The van der Waals surface area contributed by atoms with Crippen molar-refractivity contribution in [2.75, 3.05) is 19.0 Å². The minimum Gasteiger partial charge on any atom is -0.468 e. The fourth-order valence-corrected chi connectivity index (χ4v) is 2.02. The Morgan fingerprint density at radius 3 is 2.52 bits per heavy atom. The molecule has 0 aliphatic carbocycles. The van der Waals surface area contributed by atoms with Crippen LogP contribution in [0.1, 0.15) is 11.5 Å². The lowest BCUT2D eigenvalue weighted by atomic mass is 9.99. The highest BCUT2D eigenvalue weighted by atomic mass is 19.2. The topological polar surface area (TPSA) is 38.3 Å². The van der Waals surface area contributed by atoms with E-state index in [1.54, 1.807) is 24.3 Å². The quantitative estimate of drug-likeness (QED) is 0.859. The Morgan fingerprint density at radius 2 is 1.86 bits per heavy atom. The average molecular weight is 291 g/mol. The largest absolute Gasteiger partial charge is 0.468 e. The van der Waals surface area contributed by atoms with Crippen molar-refractivity contribution in [2.24, 2.45) is 0 Å². The molecule has 0 heterocycles. The number of methoxy groups -OCH3 is 1. The minimum absolute atomic E-state index is 0.0137. The number of hydrogen-bond donors (Lipinski definition) is 1. The highest BCUT2D eigenvalue weighted by Gasteiger charge is 2.21. The summed E-state index contributed by atoms with van der Waals surface area (Å²) in [4.78, 5) is 11.9. The maximum atomic E-state index is 13.6. The summed E-state index contributed by atoms with van der Waals surface area (Å²) in [5, 5.41) is 2.75. The maximum Gasteiger partial charge on any atom is 0.314 e. The van der Waals surface area contributed by atoms with Crippen LogP contribution in [0.15, 0.2) is 48.5 Å². The Bertz CT molecular complexity index is 617. The summed E-state index contributed by atoms with van der Waals surface area (Å²) in [6, 6.07) is 12.8. The van der Waals surface area contributed by atoms with Crippen molar-refractivity contribution in [1.82, 2.24) is 0 Å². The normalized spacial score (nSPS) is 11.8. The van der Waals surface area contributed by atoms with E-state index in [0.29, 0.717) is 0 Å². The van der Waals surface area contributed by atoms with Gasteiger partial charge in [0, 0.05) is 6.54 Å². The molecule has 21 heavy (non-hydrogen) atoms. The molecule has 0 saturated carbocycles. The van der Waals surface area contributed by atoms with Crippen molar-refractivity contribution in [3.8, 4) is 0 Å². The second kappa shape index (κ2) is 6.83. The molecule has 5 heteroatoms. The van der Waals surface area contributed by atoms with Crippen molar-refractivity contribution in [3.05, 3.63) is 65.7 Å². The summed E-state index contributed by atoms with van der Waals surface area (Å²) >= 11 is 0. The van der Waals surface area contributed by atoms with Crippen LogP contribution >= 0.6 is 0 Å². The lowest BCUT2D eigenvalue weighted by molar-refractivity contribution is -0.142. The maximum absolute atomic E-state index is 13.6. The zero-order valence-corrected chi connectivity index (χ0v) is 11.5. The Labute approximate surface area is 121 Å². The zero-order chi connectivity index (χ0) is 15.2. The molecule has 1 unspecified atom stereocenters. The van der Waals surface area contributed by atoms with Crippen LogP contribution in [0.2, 0.25) is 0 Å². The van der Waals surface area contributed by atoms with Crippen molar-refractivity contribution in [2.45, 2.75) is 5.92 Å². The lowest BCUT2D eigenvalue weighted by Crippen LogP contribution is -2.23. The summed E-state index contributed by atoms with van der Waals surface area (Å²) < 4.78 is 31.5. The van der Waals surface area contributed by atoms with E-state index >= 15 is 0 Å². The number of carbonyl (C=O) groups is 1. The lowest BCUT2D eigenvalue weighted by Gasteiger charge is -2.17. The zero-order valence-electron chi connectivity index (χ0n) is 11.5. The van der Waals surface area contributed by atoms with Gasteiger partial charge in [-0.1, -0.05) is 36.4 Å². The third-order valence-electron chi connectivity index (χ3n) is 3.14. The minimum atomic E-state index is -0.964. The SMILES string of the molecule is COC(=O)C(CNc1cccc(F)c1F)c1ccccc1. The molecule has 0 amide bonds. The molecule has 1 atom stereocenters. The molecule has 3 nitrogen and oxygen atoms in total. The molecule has 2 aromatic carbocycles. The van der Waals surface area contributed by atoms with Gasteiger partial charge in [-0.25, -0.2) is 8.78 Å². The summed E-state index contributed by atoms with van der Waals surface area (Å²) in [5.74, 6) is -2.94. The Morgan fingerprint density at radius 1 is 1.14 bits per heavy atom. The fraction of sp³-hybridized carbons (Fsp3) is 0.188. The van der Waals surface area contributed by atoms with Gasteiger partial charge < -0.3 is 10.1 Å². The van der Waals surface area contributed by atoms with Crippen LogP contribution in [-0.4, -0.2) is 19.6 Å². The first-order valence-corrected chi connectivity index (χ1v) is 6.44. The molecule has 0 aromatic heterocycles. The molecule has 2 rings (SSSR count). The van der Waals surface area contributed by atoms with E-state index < -0.39 is 23.5 Å². The third-order valence-corrected chi connectivity index (χ3v) is 3.14. The number of anilines is 1. The molecule has 0 fully saturated rings. The second-order valence-corrected chi connectivity index (χ2v) is 4.47. The van der Waals surface area contributed by atoms with E-state index in [0.717, 1.165) is 11.6 Å². The molecule has 110 valence electrons. The van der Waals surface area contributed by atoms with Gasteiger partial charge in [0.2, 0.25) is 0 Å². The summed E-state index contributed by atoms with van der Waals surface area (Å²) in [7, 11) is 1.29. The van der Waals surface area contributed by atoms with Crippen molar-refractivity contribution in [3.63, 3.8) is 0 Å². The van der Waals surface area contributed by atoms with E-state index in [1.807, 2.05) is 6.07 Å². The predicted octanol–water partition coefficient (Wildman–Crippen LogP) is 3.33. The van der Waals surface area contributed by atoms with E-state index in [1.165, 1.54) is 19.2 Å². The number of rotatable bonds is 5. The van der Waals surface area contributed by atoms with E-state index in [-0.39, 0.29) is 12.2 Å². The second-order valence-electron chi connectivity index (χ2n) is 4.47. The Balaban J connectivity index is 2.17. The van der Waals surface area contributed by atoms with Gasteiger partial charge in [0.25, 0.3) is 0 Å². The van der Waals surface area contributed by atoms with E-state index in [2.05, 4.69) is 5.32 Å². The fourth-order valence-electron chi connectivity index (χ4n) is 2.02. The van der Waals surface area contributed by atoms with Crippen LogP contribution in [0.3, 0.4) is 0 Å². The summed E-state index contributed by atoms with van der Waals surface area (Å²) in [6.07, 6.45) is 0. The number of carbonyl (C=O) groups excluding carboxylic acids is 1. The van der Waals surface area contributed by atoms with Crippen molar-refractivity contribution < 1.29 is 18.3 Å². The molecule has 1 N–H and O–H groups in total. The summed E-state index contributed by atoms with van der Waals surface area (Å²) in [6.45, 7) is 0.108. The first-order valence-electron chi connectivity index (χ1n) is 6.44. The van der Waals surface area contributed by atoms with Gasteiger partial charge in [-0.05, 0) is 17.7 Å². The van der Waals surface area contributed by atoms with Gasteiger partial charge in [0.15, 0.2) is 11.6 Å². The molecule has 0 aliphatic rings. The summed E-state index contributed by atoms with van der Waals surface area (Å²) in [5.41, 5.74) is 0.758.